The van der Waals surface area contributed by atoms with Crippen LogP contribution in [-0.4, -0.2) is 65.5 Å². The van der Waals surface area contributed by atoms with Crippen molar-refractivity contribution < 1.29 is 38.4 Å². The van der Waals surface area contributed by atoms with Crippen LogP contribution in [-0.2, 0) is 26.1 Å². The van der Waals surface area contributed by atoms with Crippen LogP contribution in [0.5, 0.6) is 11.5 Å². The molecule has 33 heavy (non-hydrogen) atoms. The highest BCUT2D eigenvalue weighted by atomic mass is 16.7. The molecule has 2 heterocycles. The summed E-state index contributed by atoms with van der Waals surface area (Å²) in [6.45, 7) is 7.42. The number of hydrogen-bond acceptors (Lipinski definition) is 8. The largest absolute Gasteiger partial charge is 0.514 e. The molecule has 2 fully saturated rings. The second-order valence-corrected chi connectivity index (χ2v) is 8.77. The summed E-state index contributed by atoms with van der Waals surface area (Å²) in [6.07, 6.45) is 1.53. The summed E-state index contributed by atoms with van der Waals surface area (Å²) in [7, 11) is 0. The fourth-order valence-electron chi connectivity index (χ4n) is 6.07. The number of ether oxygens (including phenoxy) is 4. The molecule has 4 atom stereocenters. The van der Waals surface area contributed by atoms with E-state index < -0.39 is 35.4 Å². The van der Waals surface area contributed by atoms with Crippen LogP contribution in [0.4, 0.5) is 9.59 Å². The first-order valence-electron chi connectivity index (χ1n) is 10.9. The summed E-state index contributed by atoms with van der Waals surface area (Å²) in [5, 5.41) is 12.1. The molecule has 2 aliphatic carbocycles. The SMILES string of the molecule is C=CCOC(=O)Oc1ccc2c3c1O[C@H]1C(=O)CCC4(O)[C@@H](C2)N(C(=O)OCC=C)CC[C@]314. The lowest BCUT2D eigenvalue weighted by molar-refractivity contribution is -0.183. The Morgan fingerprint density at radius 1 is 1.21 bits per heavy atom. The van der Waals surface area contributed by atoms with Crippen molar-refractivity contribution in [3.63, 3.8) is 0 Å². The molecule has 4 aliphatic rings. The number of nitrogens with zero attached hydrogens (tertiary/aromatic N) is 1. The number of amides is 1. The number of benzene rings is 1. The van der Waals surface area contributed by atoms with E-state index in [9.17, 15) is 19.5 Å². The highest BCUT2D eigenvalue weighted by Crippen LogP contribution is 2.64. The van der Waals surface area contributed by atoms with Gasteiger partial charge in [0.15, 0.2) is 23.4 Å². The zero-order valence-electron chi connectivity index (χ0n) is 18.1. The number of aliphatic hydroxyl groups is 1. The van der Waals surface area contributed by atoms with Crippen molar-refractivity contribution in [2.75, 3.05) is 19.8 Å². The summed E-state index contributed by atoms with van der Waals surface area (Å²) < 4.78 is 21.7. The van der Waals surface area contributed by atoms with Gasteiger partial charge in [0.25, 0.3) is 0 Å². The minimum atomic E-state index is -1.39. The Hall–Kier alpha value is -3.33. The van der Waals surface area contributed by atoms with Crippen molar-refractivity contribution in [3.8, 4) is 11.5 Å². The highest BCUT2D eigenvalue weighted by Gasteiger charge is 2.73. The van der Waals surface area contributed by atoms with E-state index in [2.05, 4.69) is 13.2 Å². The fraction of sp³-hybridized carbons (Fsp3) is 0.458. The van der Waals surface area contributed by atoms with Crippen molar-refractivity contribution in [1.82, 2.24) is 4.90 Å². The molecular formula is C24H25NO8. The summed E-state index contributed by atoms with van der Waals surface area (Å²) in [5.41, 5.74) is -0.899. The molecular weight excluding hydrogens is 430 g/mol. The third kappa shape index (κ3) is 2.84. The quantitative estimate of drug-likeness (QED) is 0.409. The van der Waals surface area contributed by atoms with Crippen molar-refractivity contribution in [3.05, 3.63) is 48.6 Å². The van der Waals surface area contributed by atoms with Gasteiger partial charge in [-0.15, -0.1) is 0 Å². The first-order chi connectivity index (χ1) is 15.9. The van der Waals surface area contributed by atoms with E-state index in [1.165, 1.54) is 12.2 Å². The summed E-state index contributed by atoms with van der Waals surface area (Å²) in [4.78, 5) is 39.4. The molecule has 1 saturated heterocycles. The van der Waals surface area contributed by atoms with E-state index in [1.54, 1.807) is 17.0 Å². The zero-order valence-corrected chi connectivity index (χ0v) is 18.1. The number of carbonyl (C=O) groups excluding carboxylic acids is 3. The van der Waals surface area contributed by atoms with Crippen molar-refractivity contribution in [2.24, 2.45) is 0 Å². The predicted octanol–water partition coefficient (Wildman–Crippen LogP) is 2.43. The number of ketones is 1. The molecule has 1 spiro atoms. The number of rotatable bonds is 5. The van der Waals surface area contributed by atoms with Gasteiger partial charge in [0, 0.05) is 18.5 Å². The second kappa shape index (κ2) is 7.62. The van der Waals surface area contributed by atoms with Gasteiger partial charge < -0.3 is 29.0 Å². The molecule has 0 radical (unpaired) electrons. The van der Waals surface area contributed by atoms with E-state index in [0.717, 1.165) is 5.56 Å². The van der Waals surface area contributed by atoms with E-state index in [0.29, 0.717) is 24.9 Å². The average Bonchev–Trinajstić information content (AvgIpc) is 3.15. The molecule has 5 rings (SSSR count). The maximum absolute atomic E-state index is 13.0. The Labute approximate surface area is 190 Å². The second-order valence-electron chi connectivity index (χ2n) is 8.77. The predicted molar refractivity (Wildman–Crippen MR) is 114 cm³/mol. The minimum absolute atomic E-state index is 0.00969. The summed E-state index contributed by atoms with van der Waals surface area (Å²) in [6, 6.07) is 2.79. The highest BCUT2D eigenvalue weighted by molar-refractivity contribution is 5.90. The van der Waals surface area contributed by atoms with Crippen LogP contribution in [0.25, 0.3) is 0 Å². The van der Waals surface area contributed by atoms with Gasteiger partial charge in [-0.25, -0.2) is 9.59 Å². The van der Waals surface area contributed by atoms with Crippen LogP contribution in [0.2, 0.25) is 0 Å². The third-order valence-electron chi connectivity index (χ3n) is 7.31. The molecule has 1 unspecified atom stereocenters. The Balaban J connectivity index is 1.59. The zero-order chi connectivity index (χ0) is 23.4. The fourth-order valence-corrected chi connectivity index (χ4v) is 6.07. The molecule has 1 N–H and O–H groups in total. The number of likely N-dealkylation sites (tertiary alicyclic amines) is 1. The molecule has 9 nitrogen and oxygen atoms in total. The van der Waals surface area contributed by atoms with E-state index in [1.807, 2.05) is 0 Å². The Morgan fingerprint density at radius 3 is 2.73 bits per heavy atom. The van der Waals surface area contributed by atoms with Crippen molar-refractivity contribution >= 4 is 18.0 Å². The van der Waals surface area contributed by atoms with Crippen molar-refractivity contribution in [1.29, 1.82) is 0 Å². The number of piperidine rings is 1. The molecule has 2 aliphatic heterocycles. The maximum atomic E-state index is 13.0. The van der Waals surface area contributed by atoms with E-state index in [4.69, 9.17) is 18.9 Å². The van der Waals surface area contributed by atoms with Crippen LogP contribution >= 0.6 is 0 Å². The number of hydrogen-bond donors (Lipinski definition) is 1. The van der Waals surface area contributed by atoms with E-state index in [-0.39, 0.29) is 43.3 Å². The normalized spacial score (nSPS) is 30.6. The van der Waals surface area contributed by atoms with Gasteiger partial charge in [0.05, 0.1) is 17.1 Å². The Bertz CT molecular complexity index is 1070. The summed E-state index contributed by atoms with van der Waals surface area (Å²) in [5.74, 6) is 0.293. The molecule has 1 amide bonds. The standard InChI is InChI=1S/C24H25NO8/c1-3-11-30-21(27)25-10-9-23-18-14-5-6-16(32-22(28)31-12-4-2)19(18)33-20(23)15(26)7-8-24(23,29)17(25)13-14/h3-6,17,20,29H,1-2,7-13H2/t17-,20+,23+,24?/m1/s1. The monoisotopic (exact) mass is 455 g/mol. The van der Waals surface area contributed by atoms with Crippen LogP contribution < -0.4 is 9.47 Å². The van der Waals surface area contributed by atoms with Gasteiger partial charge in [0.2, 0.25) is 0 Å². The van der Waals surface area contributed by atoms with Crippen LogP contribution in [0.1, 0.15) is 30.4 Å². The van der Waals surface area contributed by atoms with Gasteiger partial charge in [-0.1, -0.05) is 31.4 Å². The summed E-state index contributed by atoms with van der Waals surface area (Å²) >= 11 is 0. The lowest BCUT2D eigenvalue weighted by Crippen LogP contribution is -2.77. The molecule has 1 aromatic rings. The van der Waals surface area contributed by atoms with Gasteiger partial charge in [0.1, 0.15) is 13.2 Å². The van der Waals surface area contributed by atoms with Crippen LogP contribution in [0.15, 0.2) is 37.4 Å². The molecule has 1 saturated carbocycles. The van der Waals surface area contributed by atoms with Gasteiger partial charge >= 0.3 is 12.2 Å². The topological polar surface area (TPSA) is 112 Å². The van der Waals surface area contributed by atoms with Crippen LogP contribution in [0.3, 0.4) is 0 Å². The number of carbonyl (C=O) groups is 3. The smallest absolute Gasteiger partial charge is 0.477 e. The van der Waals surface area contributed by atoms with Gasteiger partial charge in [-0.3, -0.25) is 4.79 Å². The van der Waals surface area contributed by atoms with Gasteiger partial charge in [-0.05, 0) is 30.9 Å². The van der Waals surface area contributed by atoms with Gasteiger partial charge in [-0.2, -0.15) is 0 Å². The molecule has 174 valence electrons. The molecule has 1 aromatic carbocycles. The lowest BCUT2D eigenvalue weighted by atomic mass is 9.49. The molecule has 2 bridgehead atoms. The Kier molecular flexibility index (Phi) is 4.97. The average molecular weight is 455 g/mol. The molecule has 0 aromatic heterocycles. The first kappa shape index (κ1) is 21.5. The third-order valence-corrected chi connectivity index (χ3v) is 7.31. The minimum Gasteiger partial charge on any atom is -0.477 e. The Morgan fingerprint density at radius 2 is 1.97 bits per heavy atom. The number of Topliss-reactive ketones (excluding diaryl/α,β-unsaturated/α-hetero) is 1. The lowest BCUT2D eigenvalue weighted by Gasteiger charge is -2.61. The van der Waals surface area contributed by atoms with Crippen LogP contribution in [0, 0.1) is 0 Å². The first-order valence-corrected chi connectivity index (χ1v) is 10.9. The van der Waals surface area contributed by atoms with Crippen molar-refractivity contribution in [2.45, 2.75) is 48.8 Å². The van der Waals surface area contributed by atoms with E-state index >= 15 is 0 Å². The molecule has 9 heteroatoms. The maximum Gasteiger partial charge on any atom is 0.514 e.